The Kier molecular flexibility index (Phi) is 6.56. The molecule has 0 saturated carbocycles. The molecule has 6 nitrogen and oxygen atoms in total. The molecule has 0 saturated heterocycles. The Balaban J connectivity index is 1.62. The number of imidazole rings is 1. The van der Waals surface area contributed by atoms with Crippen LogP contribution in [0, 0.1) is 5.92 Å². The van der Waals surface area contributed by atoms with Gasteiger partial charge in [0.2, 0.25) is 0 Å². The molecule has 0 radical (unpaired) electrons. The van der Waals surface area contributed by atoms with Crippen LogP contribution >= 0.6 is 0 Å². The standard InChI is InChI=1S/C25H22F3N3O3/c1-15(13-32)14-34-17-7-4-6-16(12-17)29-24(33)19-9-5-11-21-22(19)31-23(30-21)18-8-2-3-10-20(18)25(26,27)28/h2-12,15,32H,13-14H2,1H3,(H,29,33)(H,30,31). The third kappa shape index (κ3) is 5.04. The van der Waals surface area contributed by atoms with E-state index in [2.05, 4.69) is 15.3 Å². The lowest BCUT2D eigenvalue weighted by molar-refractivity contribution is -0.137. The zero-order valence-corrected chi connectivity index (χ0v) is 18.2. The molecule has 1 unspecified atom stereocenters. The van der Waals surface area contributed by atoms with Crippen molar-refractivity contribution < 1.29 is 27.8 Å². The van der Waals surface area contributed by atoms with Crippen molar-refractivity contribution >= 4 is 22.6 Å². The first-order valence-electron chi connectivity index (χ1n) is 10.6. The lowest BCUT2D eigenvalue weighted by atomic mass is 10.1. The van der Waals surface area contributed by atoms with Gasteiger partial charge in [-0.05, 0) is 30.3 Å². The first-order chi connectivity index (χ1) is 16.3. The number of carbonyl (C=O) groups is 1. The van der Waals surface area contributed by atoms with Crippen molar-refractivity contribution in [2.75, 3.05) is 18.5 Å². The SMILES string of the molecule is CC(CO)COc1cccc(NC(=O)c2cccc3[nH]c(-c4ccccc4C(F)(F)F)nc23)c1. The number of alkyl halides is 3. The van der Waals surface area contributed by atoms with Crippen LogP contribution in [0.2, 0.25) is 0 Å². The fraction of sp³-hybridized carbons (Fsp3) is 0.200. The number of benzene rings is 3. The number of anilines is 1. The number of nitrogens with one attached hydrogen (secondary N) is 2. The highest BCUT2D eigenvalue weighted by molar-refractivity contribution is 6.11. The van der Waals surface area contributed by atoms with Gasteiger partial charge in [0.25, 0.3) is 5.91 Å². The predicted octanol–water partition coefficient (Wildman–Crippen LogP) is 5.51. The molecule has 4 rings (SSSR count). The van der Waals surface area contributed by atoms with E-state index in [1.165, 1.54) is 18.2 Å². The van der Waals surface area contributed by atoms with Gasteiger partial charge in [-0.25, -0.2) is 4.98 Å². The van der Waals surface area contributed by atoms with Gasteiger partial charge in [0.05, 0.1) is 23.3 Å². The van der Waals surface area contributed by atoms with Crippen LogP contribution in [0.15, 0.2) is 66.7 Å². The minimum absolute atomic E-state index is 0.000466. The largest absolute Gasteiger partial charge is 0.493 e. The van der Waals surface area contributed by atoms with Crippen LogP contribution in [0.5, 0.6) is 5.75 Å². The van der Waals surface area contributed by atoms with Crippen molar-refractivity contribution in [3.8, 4) is 17.1 Å². The van der Waals surface area contributed by atoms with Crippen LogP contribution in [-0.4, -0.2) is 34.2 Å². The van der Waals surface area contributed by atoms with Gasteiger partial charge in [-0.3, -0.25) is 4.79 Å². The summed E-state index contributed by atoms with van der Waals surface area (Å²) in [5.74, 6) is 0.0551. The number of rotatable bonds is 7. The third-order valence-electron chi connectivity index (χ3n) is 5.18. The average molecular weight is 469 g/mol. The second-order valence-corrected chi connectivity index (χ2v) is 7.91. The molecule has 0 aliphatic rings. The van der Waals surface area contributed by atoms with E-state index in [1.54, 1.807) is 42.5 Å². The maximum Gasteiger partial charge on any atom is 0.417 e. The number of nitrogens with zero attached hydrogens (tertiary/aromatic N) is 1. The molecule has 176 valence electrons. The van der Waals surface area contributed by atoms with E-state index in [0.29, 0.717) is 23.6 Å². The van der Waals surface area contributed by atoms with Crippen LogP contribution in [-0.2, 0) is 6.18 Å². The number of hydrogen-bond donors (Lipinski definition) is 3. The predicted molar refractivity (Wildman–Crippen MR) is 123 cm³/mol. The maximum atomic E-state index is 13.5. The highest BCUT2D eigenvalue weighted by Gasteiger charge is 2.34. The van der Waals surface area contributed by atoms with Crippen molar-refractivity contribution in [2.45, 2.75) is 13.1 Å². The number of H-pyrrole nitrogens is 1. The lowest BCUT2D eigenvalue weighted by Crippen LogP contribution is -2.14. The van der Waals surface area contributed by atoms with Crippen LogP contribution in [0.4, 0.5) is 18.9 Å². The molecule has 0 fully saturated rings. The summed E-state index contributed by atoms with van der Waals surface area (Å²) < 4.78 is 46.0. The van der Waals surface area contributed by atoms with E-state index in [0.717, 1.165) is 6.07 Å². The van der Waals surface area contributed by atoms with Gasteiger partial charge in [0, 0.05) is 29.8 Å². The van der Waals surface area contributed by atoms with Gasteiger partial charge >= 0.3 is 6.18 Å². The van der Waals surface area contributed by atoms with Crippen LogP contribution in [0.3, 0.4) is 0 Å². The number of aliphatic hydroxyl groups is 1. The van der Waals surface area contributed by atoms with Crippen molar-refractivity contribution in [3.63, 3.8) is 0 Å². The lowest BCUT2D eigenvalue weighted by Gasteiger charge is -2.12. The molecule has 3 aromatic carbocycles. The second kappa shape index (κ2) is 9.56. The zero-order valence-electron chi connectivity index (χ0n) is 18.2. The van der Waals surface area contributed by atoms with E-state index in [9.17, 15) is 18.0 Å². The average Bonchev–Trinajstić information content (AvgIpc) is 3.26. The van der Waals surface area contributed by atoms with Gasteiger partial charge in [0.1, 0.15) is 17.1 Å². The third-order valence-corrected chi connectivity index (χ3v) is 5.18. The van der Waals surface area contributed by atoms with Crippen LogP contribution in [0.25, 0.3) is 22.4 Å². The highest BCUT2D eigenvalue weighted by Crippen LogP contribution is 2.36. The summed E-state index contributed by atoms with van der Waals surface area (Å²) in [4.78, 5) is 20.2. The molecular formula is C25H22F3N3O3. The van der Waals surface area contributed by atoms with Gasteiger partial charge in [-0.15, -0.1) is 0 Å². The van der Waals surface area contributed by atoms with Gasteiger partial charge in [0.15, 0.2) is 0 Å². The Morgan fingerprint density at radius 1 is 1.12 bits per heavy atom. The topological polar surface area (TPSA) is 87.2 Å². The summed E-state index contributed by atoms with van der Waals surface area (Å²) in [6, 6.07) is 16.8. The van der Waals surface area contributed by atoms with Gasteiger partial charge in [-0.1, -0.05) is 37.3 Å². The summed E-state index contributed by atoms with van der Waals surface area (Å²) >= 11 is 0. The number of hydrogen-bond acceptors (Lipinski definition) is 4. The summed E-state index contributed by atoms with van der Waals surface area (Å²) in [5.41, 5.74) is 0.483. The molecule has 1 heterocycles. The molecule has 4 aromatic rings. The van der Waals surface area contributed by atoms with Crippen molar-refractivity contribution in [3.05, 3.63) is 77.9 Å². The number of fused-ring (bicyclic) bond motifs is 1. The first kappa shape index (κ1) is 23.3. The Bertz CT molecular complexity index is 1320. The van der Waals surface area contributed by atoms with E-state index < -0.39 is 17.6 Å². The molecular weight excluding hydrogens is 447 g/mol. The van der Waals surface area contributed by atoms with E-state index in [1.807, 2.05) is 6.92 Å². The smallest absolute Gasteiger partial charge is 0.417 e. The van der Waals surface area contributed by atoms with Crippen molar-refractivity contribution in [2.24, 2.45) is 5.92 Å². The molecule has 0 spiro atoms. The molecule has 1 atom stereocenters. The molecule has 1 aromatic heterocycles. The summed E-state index contributed by atoms with van der Waals surface area (Å²) in [5, 5.41) is 11.9. The normalized spacial score (nSPS) is 12.5. The molecule has 0 aliphatic carbocycles. The summed E-state index contributed by atoms with van der Waals surface area (Å²) in [7, 11) is 0. The van der Waals surface area contributed by atoms with E-state index >= 15 is 0 Å². The van der Waals surface area contributed by atoms with Gasteiger partial charge < -0.3 is 20.1 Å². The first-order valence-corrected chi connectivity index (χ1v) is 10.6. The van der Waals surface area contributed by atoms with E-state index in [4.69, 9.17) is 9.84 Å². The molecule has 34 heavy (non-hydrogen) atoms. The number of aliphatic hydroxyl groups excluding tert-OH is 1. The molecule has 0 aliphatic heterocycles. The molecule has 1 amide bonds. The number of amides is 1. The van der Waals surface area contributed by atoms with Gasteiger partial charge in [-0.2, -0.15) is 13.2 Å². The fourth-order valence-corrected chi connectivity index (χ4v) is 3.43. The number of para-hydroxylation sites is 1. The minimum atomic E-state index is -4.54. The summed E-state index contributed by atoms with van der Waals surface area (Å²) in [6.07, 6.45) is -4.54. The van der Waals surface area contributed by atoms with Crippen LogP contribution < -0.4 is 10.1 Å². The van der Waals surface area contributed by atoms with Crippen molar-refractivity contribution in [1.82, 2.24) is 9.97 Å². The Hall–Kier alpha value is -3.85. The second-order valence-electron chi connectivity index (χ2n) is 7.91. The number of halogens is 3. The highest BCUT2D eigenvalue weighted by atomic mass is 19.4. The fourth-order valence-electron chi connectivity index (χ4n) is 3.43. The maximum absolute atomic E-state index is 13.5. The molecule has 9 heteroatoms. The monoisotopic (exact) mass is 469 g/mol. The minimum Gasteiger partial charge on any atom is -0.493 e. The zero-order chi connectivity index (χ0) is 24.3. The number of carbonyl (C=O) groups excluding carboxylic acids is 1. The number of aromatic amines is 1. The Labute approximate surface area is 193 Å². The molecule has 3 N–H and O–H groups in total. The number of aromatic nitrogens is 2. The van der Waals surface area contributed by atoms with Crippen molar-refractivity contribution in [1.29, 1.82) is 0 Å². The number of ether oxygens (including phenoxy) is 1. The van der Waals surface area contributed by atoms with E-state index in [-0.39, 0.29) is 35.0 Å². The molecule has 0 bridgehead atoms. The summed E-state index contributed by atoms with van der Waals surface area (Å²) in [6.45, 7) is 2.17. The Morgan fingerprint density at radius 3 is 2.65 bits per heavy atom. The Morgan fingerprint density at radius 2 is 1.88 bits per heavy atom. The quantitative estimate of drug-likeness (QED) is 0.333. The van der Waals surface area contributed by atoms with Crippen LogP contribution in [0.1, 0.15) is 22.8 Å².